The van der Waals surface area contributed by atoms with Crippen LogP contribution in [-0.4, -0.2) is 36.2 Å². The number of aliphatic carboxylic acids is 1. The summed E-state index contributed by atoms with van der Waals surface area (Å²) in [6.07, 6.45) is -1.00. The molecule has 7 nitrogen and oxygen atoms in total. The van der Waals surface area contributed by atoms with Crippen LogP contribution in [0.1, 0.15) is 40.7 Å². The van der Waals surface area contributed by atoms with Crippen LogP contribution in [0.4, 0.5) is 14.9 Å². The van der Waals surface area contributed by atoms with Gasteiger partial charge in [-0.25, -0.2) is 9.18 Å². The lowest BCUT2D eigenvalue weighted by Gasteiger charge is -2.16. The molecule has 0 bridgehead atoms. The van der Waals surface area contributed by atoms with Crippen LogP contribution < -0.4 is 10.6 Å². The molecule has 1 aliphatic rings. The van der Waals surface area contributed by atoms with Crippen molar-refractivity contribution in [3.63, 3.8) is 0 Å². The van der Waals surface area contributed by atoms with Crippen molar-refractivity contribution in [3.05, 3.63) is 89.2 Å². The van der Waals surface area contributed by atoms with E-state index < -0.39 is 23.8 Å². The molecule has 1 unspecified atom stereocenters. The number of carboxylic acids is 1. The molecule has 180 valence electrons. The minimum atomic E-state index is -0.977. The summed E-state index contributed by atoms with van der Waals surface area (Å²) in [5, 5.41) is 13.8. The van der Waals surface area contributed by atoms with Crippen molar-refractivity contribution < 1.29 is 28.6 Å². The molecule has 0 heterocycles. The van der Waals surface area contributed by atoms with E-state index in [0.29, 0.717) is 0 Å². The van der Waals surface area contributed by atoms with E-state index in [-0.39, 0.29) is 42.7 Å². The Labute approximate surface area is 201 Å². The summed E-state index contributed by atoms with van der Waals surface area (Å²) in [5.41, 5.74) is 3.88. The van der Waals surface area contributed by atoms with Crippen LogP contribution in [-0.2, 0) is 9.53 Å². The molecule has 1 aliphatic carbocycles. The average molecular weight is 477 g/mol. The fourth-order valence-electron chi connectivity index (χ4n) is 4.31. The van der Waals surface area contributed by atoms with E-state index >= 15 is 0 Å². The summed E-state index contributed by atoms with van der Waals surface area (Å²) < 4.78 is 20.0. The predicted octanol–water partition coefficient (Wildman–Crippen LogP) is 5.03. The lowest BCUT2D eigenvalue weighted by Crippen LogP contribution is -2.30. The van der Waals surface area contributed by atoms with Gasteiger partial charge < -0.3 is 15.2 Å². The number of carboxylic acid groups (broad SMARTS) is 1. The zero-order chi connectivity index (χ0) is 24.9. The highest BCUT2D eigenvalue weighted by Gasteiger charge is 2.29. The number of amides is 2. The number of para-hydroxylation sites is 1. The highest BCUT2D eigenvalue weighted by molar-refractivity contribution is 6.02. The van der Waals surface area contributed by atoms with Crippen LogP contribution in [0.5, 0.6) is 0 Å². The van der Waals surface area contributed by atoms with E-state index in [9.17, 15) is 18.8 Å². The van der Waals surface area contributed by atoms with Crippen molar-refractivity contribution in [1.82, 2.24) is 5.32 Å². The zero-order valence-electron chi connectivity index (χ0n) is 19.1. The van der Waals surface area contributed by atoms with E-state index in [0.717, 1.165) is 28.3 Å². The molecule has 3 aromatic carbocycles. The van der Waals surface area contributed by atoms with Gasteiger partial charge in [-0.2, -0.15) is 0 Å². The topological polar surface area (TPSA) is 105 Å². The van der Waals surface area contributed by atoms with Crippen molar-refractivity contribution in [2.75, 3.05) is 18.5 Å². The number of hydrogen-bond donors (Lipinski definition) is 3. The van der Waals surface area contributed by atoms with Crippen molar-refractivity contribution in [3.8, 4) is 11.1 Å². The second-order valence-electron chi connectivity index (χ2n) is 8.53. The van der Waals surface area contributed by atoms with E-state index in [2.05, 4.69) is 10.6 Å². The molecule has 35 heavy (non-hydrogen) atoms. The van der Waals surface area contributed by atoms with Crippen molar-refractivity contribution in [1.29, 1.82) is 0 Å². The summed E-state index contributed by atoms with van der Waals surface area (Å²) in [7, 11) is 0. The Kier molecular flexibility index (Phi) is 7.10. The van der Waals surface area contributed by atoms with E-state index in [4.69, 9.17) is 9.84 Å². The summed E-state index contributed by atoms with van der Waals surface area (Å²) in [4.78, 5) is 36.0. The predicted molar refractivity (Wildman–Crippen MR) is 129 cm³/mol. The molecule has 0 fully saturated rings. The van der Waals surface area contributed by atoms with Crippen LogP contribution in [0.2, 0.25) is 0 Å². The number of fused-ring (bicyclic) bond motifs is 3. The normalized spacial score (nSPS) is 12.9. The molecule has 0 spiro atoms. The Bertz CT molecular complexity index is 1230. The van der Waals surface area contributed by atoms with Gasteiger partial charge in [-0.05, 0) is 40.3 Å². The standard InChI is InChI=1S/C27H25FN2O5/c1-16(13-24(31)32)14-29-26(33)21-11-6-12-23(28)25(21)30-27(34)35-15-22-19-9-4-2-7-17(19)18-8-3-5-10-20(18)22/h2-12,16,22H,13-15H2,1H3,(H,29,33)(H,30,34)(H,31,32). The summed E-state index contributed by atoms with van der Waals surface area (Å²) in [5.74, 6) is -2.87. The van der Waals surface area contributed by atoms with Gasteiger partial charge >= 0.3 is 12.1 Å². The van der Waals surface area contributed by atoms with Crippen LogP contribution in [0.3, 0.4) is 0 Å². The SMILES string of the molecule is CC(CNC(=O)c1cccc(F)c1NC(=O)OCC1c2ccccc2-c2ccccc21)CC(=O)O. The van der Waals surface area contributed by atoms with Gasteiger partial charge in [0.2, 0.25) is 0 Å². The van der Waals surface area contributed by atoms with Crippen LogP contribution in [0.25, 0.3) is 11.1 Å². The monoisotopic (exact) mass is 476 g/mol. The smallest absolute Gasteiger partial charge is 0.411 e. The molecule has 0 saturated heterocycles. The van der Waals surface area contributed by atoms with E-state index in [1.807, 2.05) is 48.5 Å². The van der Waals surface area contributed by atoms with Gasteiger partial charge in [0.15, 0.2) is 0 Å². The first-order chi connectivity index (χ1) is 16.8. The third-order valence-corrected chi connectivity index (χ3v) is 5.96. The van der Waals surface area contributed by atoms with Gasteiger partial charge in [0.05, 0.1) is 11.3 Å². The second-order valence-corrected chi connectivity index (χ2v) is 8.53. The van der Waals surface area contributed by atoms with Gasteiger partial charge in [-0.1, -0.05) is 61.5 Å². The quantitative estimate of drug-likeness (QED) is 0.423. The number of anilines is 1. The van der Waals surface area contributed by atoms with Crippen molar-refractivity contribution >= 4 is 23.7 Å². The van der Waals surface area contributed by atoms with Gasteiger partial charge in [-0.3, -0.25) is 14.9 Å². The molecule has 1 atom stereocenters. The molecular weight excluding hydrogens is 451 g/mol. The van der Waals surface area contributed by atoms with E-state index in [1.165, 1.54) is 12.1 Å². The number of hydrogen-bond acceptors (Lipinski definition) is 4. The number of ether oxygens (including phenoxy) is 1. The number of halogens is 1. The molecule has 0 saturated carbocycles. The third kappa shape index (κ3) is 5.32. The largest absolute Gasteiger partial charge is 0.481 e. The van der Waals surface area contributed by atoms with Crippen molar-refractivity contribution in [2.45, 2.75) is 19.3 Å². The second kappa shape index (κ2) is 10.4. The lowest BCUT2D eigenvalue weighted by atomic mass is 9.98. The molecule has 0 radical (unpaired) electrons. The van der Waals surface area contributed by atoms with Gasteiger partial charge in [0.1, 0.15) is 12.4 Å². The Morgan fingerprint density at radius 3 is 2.23 bits per heavy atom. The summed E-state index contributed by atoms with van der Waals surface area (Å²) in [6.45, 7) is 1.81. The molecule has 0 aromatic heterocycles. The highest BCUT2D eigenvalue weighted by atomic mass is 19.1. The Balaban J connectivity index is 1.44. The first kappa shape index (κ1) is 23.9. The maximum atomic E-state index is 14.5. The molecule has 0 aliphatic heterocycles. The number of benzene rings is 3. The van der Waals surface area contributed by atoms with Gasteiger partial charge in [0, 0.05) is 18.9 Å². The number of carbonyl (C=O) groups is 3. The molecule has 2 amide bonds. The fraction of sp³-hybridized carbons (Fsp3) is 0.222. The summed E-state index contributed by atoms with van der Waals surface area (Å²) in [6, 6.07) is 19.7. The average Bonchev–Trinajstić information content (AvgIpc) is 3.16. The first-order valence-corrected chi connectivity index (χ1v) is 11.3. The fourth-order valence-corrected chi connectivity index (χ4v) is 4.31. The molecule has 8 heteroatoms. The minimum Gasteiger partial charge on any atom is -0.481 e. The van der Waals surface area contributed by atoms with Gasteiger partial charge in [-0.15, -0.1) is 0 Å². The van der Waals surface area contributed by atoms with Crippen LogP contribution in [0.15, 0.2) is 66.7 Å². The number of rotatable bonds is 8. The third-order valence-electron chi connectivity index (χ3n) is 5.96. The highest BCUT2D eigenvalue weighted by Crippen LogP contribution is 2.44. The lowest BCUT2D eigenvalue weighted by molar-refractivity contribution is -0.137. The van der Waals surface area contributed by atoms with Gasteiger partial charge in [0.25, 0.3) is 5.91 Å². The molecule has 4 rings (SSSR count). The molecule has 3 aromatic rings. The summed E-state index contributed by atoms with van der Waals surface area (Å²) >= 11 is 0. The number of nitrogens with one attached hydrogen (secondary N) is 2. The van der Waals surface area contributed by atoms with Crippen LogP contribution in [0, 0.1) is 11.7 Å². The number of carbonyl (C=O) groups excluding carboxylic acids is 2. The zero-order valence-corrected chi connectivity index (χ0v) is 19.1. The maximum absolute atomic E-state index is 14.5. The molecular formula is C27H25FN2O5. The Morgan fingerprint density at radius 2 is 1.60 bits per heavy atom. The molecule has 3 N–H and O–H groups in total. The minimum absolute atomic E-state index is 0.0442. The van der Waals surface area contributed by atoms with Crippen molar-refractivity contribution in [2.24, 2.45) is 5.92 Å². The Morgan fingerprint density at radius 1 is 0.971 bits per heavy atom. The first-order valence-electron chi connectivity index (χ1n) is 11.3. The van der Waals surface area contributed by atoms with E-state index in [1.54, 1.807) is 6.92 Å². The maximum Gasteiger partial charge on any atom is 0.411 e. The Hall–Kier alpha value is -4.20. The van der Waals surface area contributed by atoms with Crippen LogP contribution >= 0.6 is 0 Å².